The molecule has 2 N–H and O–H groups in total. The number of ether oxygens (including phenoxy) is 2. The fourth-order valence-electron chi connectivity index (χ4n) is 2.82. The van der Waals surface area contributed by atoms with E-state index >= 15 is 0 Å². The molecule has 0 aliphatic carbocycles. The molecule has 3 heterocycles. The van der Waals surface area contributed by atoms with Crippen molar-refractivity contribution in [1.29, 1.82) is 0 Å². The van der Waals surface area contributed by atoms with Gasteiger partial charge in [-0.25, -0.2) is 9.78 Å². The summed E-state index contributed by atoms with van der Waals surface area (Å²) in [5.74, 6) is -0.587. The van der Waals surface area contributed by atoms with Gasteiger partial charge in [0.1, 0.15) is 21.5 Å². The smallest absolute Gasteiger partial charge is 0.350 e. The number of fused-ring (bicyclic) bond motifs is 1. The molecule has 0 saturated carbocycles. The molecular weight excluding hydrogens is 358 g/mol. The van der Waals surface area contributed by atoms with Crippen LogP contribution in [0.5, 0.6) is 5.75 Å². The lowest BCUT2D eigenvalue weighted by atomic mass is 10.2. The highest BCUT2D eigenvalue weighted by Crippen LogP contribution is 2.41. The summed E-state index contributed by atoms with van der Waals surface area (Å²) in [6.45, 7) is 3.74. The van der Waals surface area contributed by atoms with Crippen LogP contribution in [0.3, 0.4) is 0 Å². The van der Waals surface area contributed by atoms with Crippen LogP contribution in [-0.2, 0) is 14.3 Å². The van der Waals surface area contributed by atoms with Crippen LogP contribution < -0.4 is 15.4 Å². The van der Waals surface area contributed by atoms with Crippen LogP contribution in [0.15, 0.2) is 6.07 Å². The molecule has 9 heteroatoms. The molecule has 138 valence electrons. The molecule has 2 aromatic heterocycles. The number of carbonyl (C=O) groups is 3. The number of aryl methyl sites for hydroxylation is 1. The molecule has 3 rings (SSSR count). The van der Waals surface area contributed by atoms with Crippen LogP contribution in [0.2, 0.25) is 0 Å². The normalized spacial score (nSPS) is 16.4. The van der Waals surface area contributed by atoms with Gasteiger partial charge in [0.25, 0.3) is 0 Å². The van der Waals surface area contributed by atoms with E-state index in [9.17, 15) is 14.4 Å². The monoisotopic (exact) mass is 377 g/mol. The number of hydrogen-bond acceptors (Lipinski definition) is 7. The molecule has 1 aliphatic heterocycles. The van der Waals surface area contributed by atoms with E-state index < -0.39 is 12.0 Å². The van der Waals surface area contributed by atoms with Crippen LogP contribution in [0, 0.1) is 6.92 Å². The highest BCUT2D eigenvalue weighted by Gasteiger charge is 2.30. The first-order valence-electron chi connectivity index (χ1n) is 8.20. The fourth-order valence-corrected chi connectivity index (χ4v) is 3.91. The number of carbonyl (C=O) groups excluding carboxylic acids is 3. The van der Waals surface area contributed by atoms with E-state index in [2.05, 4.69) is 15.6 Å². The minimum Gasteiger partial charge on any atom is -0.496 e. The van der Waals surface area contributed by atoms with Crippen molar-refractivity contribution < 1.29 is 23.9 Å². The number of nitrogens with zero attached hydrogens (tertiary/aromatic N) is 1. The molecule has 0 unspecified atom stereocenters. The van der Waals surface area contributed by atoms with Gasteiger partial charge >= 0.3 is 5.97 Å². The molecule has 0 radical (unpaired) electrons. The van der Waals surface area contributed by atoms with E-state index in [1.54, 1.807) is 13.0 Å². The number of amides is 2. The first-order valence-corrected chi connectivity index (χ1v) is 9.01. The van der Waals surface area contributed by atoms with Gasteiger partial charge in [-0.2, -0.15) is 0 Å². The average Bonchev–Trinajstić information content (AvgIpc) is 3.18. The molecule has 0 spiro atoms. The van der Waals surface area contributed by atoms with Gasteiger partial charge in [-0.15, -0.1) is 11.3 Å². The van der Waals surface area contributed by atoms with Gasteiger partial charge in [-0.05, 0) is 20.3 Å². The molecule has 1 saturated heterocycles. The quantitative estimate of drug-likeness (QED) is 0.772. The highest BCUT2D eigenvalue weighted by atomic mass is 32.1. The predicted molar refractivity (Wildman–Crippen MR) is 96.7 cm³/mol. The molecule has 0 aromatic carbocycles. The van der Waals surface area contributed by atoms with Gasteiger partial charge in [0.05, 0.1) is 24.8 Å². The predicted octanol–water partition coefficient (Wildman–Crippen LogP) is 2.01. The van der Waals surface area contributed by atoms with Crippen molar-refractivity contribution in [2.75, 3.05) is 19.0 Å². The zero-order valence-corrected chi connectivity index (χ0v) is 15.5. The minimum atomic E-state index is -0.628. The van der Waals surface area contributed by atoms with E-state index in [0.29, 0.717) is 34.5 Å². The number of methoxy groups -OCH3 is 1. The summed E-state index contributed by atoms with van der Waals surface area (Å²) in [4.78, 5) is 41.6. The first-order chi connectivity index (χ1) is 12.4. The number of rotatable bonds is 5. The molecule has 2 aromatic rings. The molecule has 0 bridgehead atoms. The molecular formula is C17H19N3O5S. The van der Waals surface area contributed by atoms with Crippen molar-refractivity contribution in [1.82, 2.24) is 10.3 Å². The van der Waals surface area contributed by atoms with Gasteiger partial charge in [-0.3, -0.25) is 9.59 Å². The summed E-state index contributed by atoms with van der Waals surface area (Å²) in [5, 5.41) is 5.93. The van der Waals surface area contributed by atoms with Crippen molar-refractivity contribution in [2.45, 2.75) is 32.7 Å². The zero-order chi connectivity index (χ0) is 18.8. The standard InChI is InChI=1S/C17H19N3O5S/c1-4-25-17(23)14-13(20-15(22)9-5-6-11(21)19-9)12-10(24-3)7-8(2)18-16(12)26-14/h7,9H,4-6H2,1-3H3,(H,19,21)(H,20,22)/t9-/m0/s1. The third-order valence-electron chi connectivity index (χ3n) is 3.99. The SMILES string of the molecule is CCOC(=O)c1sc2nc(C)cc(OC)c2c1NC(=O)[C@@H]1CCC(=O)N1. The van der Waals surface area contributed by atoms with Crippen LogP contribution in [0.4, 0.5) is 5.69 Å². The number of hydrogen-bond donors (Lipinski definition) is 2. The second-order valence-electron chi connectivity index (χ2n) is 5.82. The molecule has 8 nitrogen and oxygen atoms in total. The summed E-state index contributed by atoms with van der Waals surface area (Å²) in [6, 6.07) is 1.11. The number of nitrogens with one attached hydrogen (secondary N) is 2. The third-order valence-corrected chi connectivity index (χ3v) is 5.06. The lowest BCUT2D eigenvalue weighted by molar-refractivity contribution is -0.122. The number of aromatic nitrogens is 1. The number of esters is 1. The summed E-state index contributed by atoms with van der Waals surface area (Å²) < 4.78 is 10.5. The summed E-state index contributed by atoms with van der Waals surface area (Å²) in [6.07, 6.45) is 0.716. The maximum absolute atomic E-state index is 12.6. The van der Waals surface area contributed by atoms with Gasteiger partial charge in [0.2, 0.25) is 11.8 Å². The van der Waals surface area contributed by atoms with E-state index in [4.69, 9.17) is 9.47 Å². The molecule has 1 fully saturated rings. The van der Waals surface area contributed by atoms with Gasteiger partial charge in [0.15, 0.2) is 0 Å². The van der Waals surface area contributed by atoms with E-state index in [-0.39, 0.29) is 23.3 Å². The lowest BCUT2D eigenvalue weighted by Gasteiger charge is -2.13. The van der Waals surface area contributed by atoms with Crippen LogP contribution in [0.1, 0.15) is 35.1 Å². The Morgan fingerprint density at radius 1 is 1.46 bits per heavy atom. The van der Waals surface area contributed by atoms with Gasteiger partial charge < -0.3 is 20.1 Å². The second-order valence-corrected chi connectivity index (χ2v) is 6.82. The van der Waals surface area contributed by atoms with Crippen molar-refractivity contribution in [3.63, 3.8) is 0 Å². The van der Waals surface area contributed by atoms with Crippen molar-refractivity contribution >= 4 is 45.0 Å². The fraction of sp³-hybridized carbons (Fsp3) is 0.412. The Morgan fingerprint density at radius 3 is 2.85 bits per heavy atom. The summed E-state index contributed by atoms with van der Waals surface area (Å²) >= 11 is 1.13. The molecule has 2 amide bonds. The largest absolute Gasteiger partial charge is 0.496 e. The Morgan fingerprint density at radius 2 is 2.23 bits per heavy atom. The Balaban J connectivity index is 2.07. The van der Waals surface area contributed by atoms with Crippen LogP contribution >= 0.6 is 11.3 Å². The Bertz CT molecular complexity index is 892. The number of thiophene rings is 1. The highest BCUT2D eigenvalue weighted by molar-refractivity contribution is 7.21. The Hall–Kier alpha value is -2.68. The first kappa shape index (κ1) is 18.1. The topological polar surface area (TPSA) is 107 Å². The zero-order valence-electron chi connectivity index (χ0n) is 14.7. The summed E-state index contributed by atoms with van der Waals surface area (Å²) in [7, 11) is 1.51. The third kappa shape index (κ3) is 3.34. The van der Waals surface area contributed by atoms with Crippen molar-refractivity contribution in [3.05, 3.63) is 16.6 Å². The van der Waals surface area contributed by atoms with Crippen LogP contribution in [-0.4, -0.2) is 42.5 Å². The average molecular weight is 377 g/mol. The van der Waals surface area contributed by atoms with Crippen molar-refractivity contribution in [2.24, 2.45) is 0 Å². The van der Waals surface area contributed by atoms with Crippen molar-refractivity contribution in [3.8, 4) is 5.75 Å². The van der Waals surface area contributed by atoms with E-state index in [1.807, 2.05) is 6.92 Å². The van der Waals surface area contributed by atoms with Gasteiger partial charge in [-0.1, -0.05) is 0 Å². The number of pyridine rings is 1. The Labute approximate surface area is 153 Å². The molecule has 1 atom stereocenters. The van der Waals surface area contributed by atoms with Gasteiger partial charge in [0, 0.05) is 18.2 Å². The Kier molecular flexibility index (Phi) is 5.08. The molecule has 26 heavy (non-hydrogen) atoms. The van der Waals surface area contributed by atoms with E-state index in [1.165, 1.54) is 7.11 Å². The second kappa shape index (κ2) is 7.28. The summed E-state index contributed by atoms with van der Waals surface area (Å²) in [5.41, 5.74) is 1.03. The van der Waals surface area contributed by atoms with Crippen LogP contribution in [0.25, 0.3) is 10.2 Å². The number of anilines is 1. The maximum Gasteiger partial charge on any atom is 0.350 e. The lowest BCUT2D eigenvalue weighted by Crippen LogP contribution is -2.37. The molecule has 1 aliphatic rings. The maximum atomic E-state index is 12.6. The minimum absolute atomic E-state index is 0.166. The van der Waals surface area contributed by atoms with E-state index in [0.717, 1.165) is 17.0 Å².